The predicted octanol–water partition coefficient (Wildman–Crippen LogP) is 3.14. The van der Waals surface area contributed by atoms with E-state index in [1.54, 1.807) is 16.8 Å². The van der Waals surface area contributed by atoms with Crippen molar-refractivity contribution in [2.24, 2.45) is 0 Å². The molecule has 1 heterocycles. The van der Waals surface area contributed by atoms with Crippen LogP contribution in [0.3, 0.4) is 0 Å². The molecular weight excluding hydrogens is 299 g/mol. The van der Waals surface area contributed by atoms with Crippen molar-refractivity contribution in [2.45, 2.75) is 26.5 Å². The first-order valence-electron chi connectivity index (χ1n) is 5.61. The maximum Gasteiger partial charge on any atom is 0.137 e. The van der Waals surface area contributed by atoms with Gasteiger partial charge in [-0.25, -0.2) is 4.39 Å². The highest BCUT2D eigenvalue weighted by Gasteiger charge is 2.12. The average molecular weight is 313 g/mol. The van der Waals surface area contributed by atoms with Gasteiger partial charge in [-0.1, -0.05) is 6.07 Å². The maximum atomic E-state index is 13.1. The van der Waals surface area contributed by atoms with Crippen molar-refractivity contribution in [1.29, 1.82) is 0 Å². The van der Waals surface area contributed by atoms with Crippen LogP contribution in [0.5, 0.6) is 0 Å². The number of hydrogen-bond acceptors (Lipinski definition) is 2. The van der Waals surface area contributed by atoms with Crippen LogP contribution >= 0.6 is 15.9 Å². The summed E-state index contributed by atoms with van der Waals surface area (Å²) in [6, 6.07) is 6.46. The number of halogens is 2. The molecule has 18 heavy (non-hydrogen) atoms. The lowest BCUT2D eigenvalue weighted by molar-refractivity contribution is 0.150. The molecular formula is C13H14BrFN2O. The van der Waals surface area contributed by atoms with Crippen molar-refractivity contribution >= 4 is 15.9 Å². The summed E-state index contributed by atoms with van der Waals surface area (Å²) in [7, 11) is 0. The van der Waals surface area contributed by atoms with E-state index in [-0.39, 0.29) is 5.82 Å². The smallest absolute Gasteiger partial charge is 0.137 e. The maximum absolute atomic E-state index is 13.1. The van der Waals surface area contributed by atoms with Crippen LogP contribution in [0.1, 0.15) is 23.1 Å². The van der Waals surface area contributed by atoms with E-state index in [0.29, 0.717) is 16.6 Å². The van der Waals surface area contributed by atoms with Crippen LogP contribution in [-0.2, 0) is 6.54 Å². The van der Waals surface area contributed by atoms with Gasteiger partial charge in [-0.15, -0.1) is 0 Å². The predicted molar refractivity (Wildman–Crippen MR) is 70.8 cm³/mol. The lowest BCUT2D eigenvalue weighted by Crippen LogP contribution is -2.11. The fourth-order valence-corrected chi connectivity index (χ4v) is 2.25. The van der Waals surface area contributed by atoms with Crippen LogP contribution in [0.2, 0.25) is 0 Å². The van der Waals surface area contributed by atoms with Crippen molar-refractivity contribution in [1.82, 2.24) is 9.78 Å². The monoisotopic (exact) mass is 312 g/mol. The first kappa shape index (κ1) is 13.2. The minimum atomic E-state index is -0.708. The topological polar surface area (TPSA) is 38.0 Å². The molecule has 1 aromatic heterocycles. The highest BCUT2D eigenvalue weighted by atomic mass is 79.9. The molecule has 0 aliphatic heterocycles. The number of aliphatic hydroxyl groups is 1. The molecule has 0 aliphatic carbocycles. The molecule has 0 saturated heterocycles. The molecule has 96 valence electrons. The highest BCUT2D eigenvalue weighted by molar-refractivity contribution is 9.10. The number of aryl methyl sites for hydroxylation is 2. The van der Waals surface area contributed by atoms with Crippen LogP contribution in [0.4, 0.5) is 4.39 Å². The fraction of sp³-hybridized carbons (Fsp3) is 0.308. The minimum absolute atomic E-state index is 0.336. The second-order valence-electron chi connectivity index (χ2n) is 4.30. The summed E-state index contributed by atoms with van der Waals surface area (Å²) in [6.07, 6.45) is -0.708. The van der Waals surface area contributed by atoms with Crippen LogP contribution in [-0.4, -0.2) is 14.9 Å². The van der Waals surface area contributed by atoms with Gasteiger partial charge in [-0.3, -0.25) is 4.68 Å². The molecule has 5 heteroatoms. The van der Waals surface area contributed by atoms with Gasteiger partial charge in [0.25, 0.3) is 0 Å². The first-order valence-corrected chi connectivity index (χ1v) is 6.40. The van der Waals surface area contributed by atoms with E-state index in [1.165, 1.54) is 6.07 Å². The zero-order chi connectivity index (χ0) is 13.3. The van der Waals surface area contributed by atoms with Crippen molar-refractivity contribution < 1.29 is 9.50 Å². The molecule has 0 saturated carbocycles. The van der Waals surface area contributed by atoms with Gasteiger partial charge in [0.1, 0.15) is 5.82 Å². The molecule has 0 spiro atoms. The van der Waals surface area contributed by atoms with Crippen molar-refractivity contribution in [3.8, 4) is 0 Å². The quantitative estimate of drug-likeness (QED) is 0.945. The third-order valence-corrected chi connectivity index (χ3v) is 3.39. The molecule has 0 aliphatic rings. The second-order valence-corrected chi connectivity index (χ2v) is 5.15. The van der Waals surface area contributed by atoms with Crippen LogP contribution < -0.4 is 0 Å². The van der Waals surface area contributed by atoms with E-state index < -0.39 is 6.10 Å². The SMILES string of the molecule is Cc1cc(C)n(C[C@@H](O)c2ccc(F)c(Br)c2)n1. The molecule has 1 atom stereocenters. The Balaban J connectivity index is 2.19. The van der Waals surface area contributed by atoms with E-state index in [2.05, 4.69) is 21.0 Å². The summed E-state index contributed by atoms with van der Waals surface area (Å²) in [5, 5.41) is 14.4. The number of benzene rings is 1. The Morgan fingerprint density at radius 2 is 2.11 bits per heavy atom. The number of nitrogens with zero attached hydrogens (tertiary/aromatic N) is 2. The summed E-state index contributed by atoms with van der Waals surface area (Å²) in [4.78, 5) is 0. The van der Waals surface area contributed by atoms with Crippen molar-refractivity contribution in [3.05, 3.63) is 51.5 Å². The summed E-state index contributed by atoms with van der Waals surface area (Å²) < 4.78 is 15.2. The van der Waals surface area contributed by atoms with Gasteiger partial charge >= 0.3 is 0 Å². The van der Waals surface area contributed by atoms with E-state index in [4.69, 9.17) is 0 Å². The van der Waals surface area contributed by atoms with Gasteiger partial charge in [0.05, 0.1) is 22.8 Å². The lowest BCUT2D eigenvalue weighted by atomic mass is 10.1. The lowest BCUT2D eigenvalue weighted by Gasteiger charge is -2.13. The Bertz CT molecular complexity index is 568. The molecule has 1 aromatic carbocycles. The minimum Gasteiger partial charge on any atom is -0.386 e. The molecule has 0 unspecified atom stereocenters. The zero-order valence-electron chi connectivity index (χ0n) is 10.2. The van der Waals surface area contributed by atoms with Crippen molar-refractivity contribution in [2.75, 3.05) is 0 Å². The molecule has 2 rings (SSSR count). The summed E-state index contributed by atoms with van der Waals surface area (Å²) in [5.74, 6) is -0.336. The molecule has 0 bridgehead atoms. The normalized spacial score (nSPS) is 12.7. The largest absolute Gasteiger partial charge is 0.386 e. The van der Waals surface area contributed by atoms with Gasteiger partial charge < -0.3 is 5.11 Å². The van der Waals surface area contributed by atoms with E-state index in [9.17, 15) is 9.50 Å². The second kappa shape index (κ2) is 5.20. The number of aliphatic hydroxyl groups excluding tert-OH is 1. The third kappa shape index (κ3) is 2.79. The molecule has 2 aromatic rings. The molecule has 0 amide bonds. The Kier molecular flexibility index (Phi) is 3.82. The Morgan fingerprint density at radius 1 is 1.39 bits per heavy atom. The Labute approximate surface area is 113 Å². The number of aromatic nitrogens is 2. The summed E-state index contributed by atoms with van der Waals surface area (Å²) in [6.45, 7) is 4.20. The van der Waals surface area contributed by atoms with Crippen molar-refractivity contribution in [3.63, 3.8) is 0 Å². The summed E-state index contributed by atoms with van der Waals surface area (Å²) >= 11 is 3.11. The van der Waals surface area contributed by atoms with Crippen LogP contribution in [0.25, 0.3) is 0 Å². The van der Waals surface area contributed by atoms with E-state index >= 15 is 0 Å². The van der Waals surface area contributed by atoms with E-state index in [0.717, 1.165) is 11.4 Å². The standard InChI is InChI=1S/C13H14BrFN2O/c1-8-5-9(2)17(16-8)7-13(18)10-3-4-12(15)11(14)6-10/h3-6,13,18H,7H2,1-2H3/t13-/m1/s1. The molecule has 3 nitrogen and oxygen atoms in total. The van der Waals surface area contributed by atoms with Gasteiger partial charge in [0, 0.05) is 5.69 Å². The fourth-order valence-electron chi connectivity index (χ4n) is 1.85. The number of rotatable bonds is 3. The zero-order valence-corrected chi connectivity index (χ0v) is 11.8. The highest BCUT2D eigenvalue weighted by Crippen LogP contribution is 2.22. The molecule has 0 radical (unpaired) electrons. The molecule has 0 fully saturated rings. The molecule has 1 N–H and O–H groups in total. The van der Waals surface area contributed by atoms with E-state index in [1.807, 2.05) is 19.9 Å². The number of hydrogen-bond donors (Lipinski definition) is 1. The van der Waals surface area contributed by atoms with Gasteiger partial charge in [-0.05, 0) is 53.5 Å². The van der Waals surface area contributed by atoms with Gasteiger partial charge in [-0.2, -0.15) is 5.10 Å². The Morgan fingerprint density at radius 3 is 2.67 bits per heavy atom. The average Bonchev–Trinajstić information content (AvgIpc) is 2.61. The van der Waals surface area contributed by atoms with Gasteiger partial charge in [0.2, 0.25) is 0 Å². The summed E-state index contributed by atoms with van der Waals surface area (Å²) in [5.41, 5.74) is 2.57. The van der Waals surface area contributed by atoms with Gasteiger partial charge in [0.15, 0.2) is 0 Å². The first-order chi connectivity index (χ1) is 8.47. The van der Waals surface area contributed by atoms with Crippen LogP contribution in [0, 0.1) is 19.7 Å². The third-order valence-electron chi connectivity index (χ3n) is 2.78. The van der Waals surface area contributed by atoms with Crippen LogP contribution in [0.15, 0.2) is 28.7 Å². The Hall–Kier alpha value is -1.20.